The van der Waals surface area contributed by atoms with E-state index in [-0.39, 0.29) is 12.5 Å². The van der Waals surface area contributed by atoms with Gasteiger partial charge in [0, 0.05) is 5.69 Å². The number of ether oxygens (including phenoxy) is 1. The predicted octanol–water partition coefficient (Wildman–Crippen LogP) is 3.92. The Balaban J connectivity index is 1.64. The lowest BCUT2D eigenvalue weighted by Crippen LogP contribution is -2.24. The molecule has 158 valence electrons. The molecule has 30 heavy (non-hydrogen) atoms. The molecular formula is C22H27N5O2S. The van der Waals surface area contributed by atoms with E-state index in [1.807, 2.05) is 71.0 Å². The first-order valence-electron chi connectivity index (χ1n) is 9.69. The second kappa shape index (κ2) is 9.21. The molecule has 0 unspecified atom stereocenters. The number of carbonyl (C=O) groups is 1. The molecule has 0 bridgehead atoms. The van der Waals surface area contributed by atoms with Gasteiger partial charge in [0.1, 0.15) is 12.4 Å². The van der Waals surface area contributed by atoms with Crippen LogP contribution in [-0.4, -0.2) is 26.0 Å². The van der Waals surface area contributed by atoms with E-state index in [1.54, 1.807) is 0 Å². The molecule has 1 atom stereocenters. The molecule has 3 N–H and O–H groups in total. The van der Waals surface area contributed by atoms with Crippen LogP contribution in [0.25, 0.3) is 0 Å². The normalized spacial score (nSPS) is 11.9. The van der Waals surface area contributed by atoms with Crippen LogP contribution < -0.4 is 15.9 Å². The van der Waals surface area contributed by atoms with E-state index in [9.17, 15) is 4.79 Å². The van der Waals surface area contributed by atoms with E-state index < -0.39 is 5.25 Å². The van der Waals surface area contributed by atoms with E-state index >= 15 is 0 Å². The highest BCUT2D eigenvalue weighted by Gasteiger charge is 2.20. The lowest BCUT2D eigenvalue weighted by atomic mass is 10.1. The molecule has 7 nitrogen and oxygen atoms in total. The number of aryl methyl sites for hydroxylation is 4. The van der Waals surface area contributed by atoms with Crippen molar-refractivity contribution in [3.8, 4) is 5.75 Å². The molecular weight excluding hydrogens is 398 g/mol. The third kappa shape index (κ3) is 4.94. The van der Waals surface area contributed by atoms with Crippen LogP contribution in [0.1, 0.15) is 35.0 Å². The lowest BCUT2D eigenvalue weighted by Gasteiger charge is -2.14. The Labute approximate surface area is 181 Å². The molecule has 0 radical (unpaired) electrons. The zero-order valence-electron chi connectivity index (χ0n) is 17.9. The Hall–Kier alpha value is -3.00. The quantitative estimate of drug-likeness (QED) is 0.440. The summed E-state index contributed by atoms with van der Waals surface area (Å²) in [5.74, 6) is 7.33. The van der Waals surface area contributed by atoms with Crippen LogP contribution in [0.5, 0.6) is 5.75 Å². The van der Waals surface area contributed by atoms with Crippen LogP contribution in [0.15, 0.2) is 41.6 Å². The van der Waals surface area contributed by atoms with Crippen LogP contribution in [0.3, 0.4) is 0 Å². The minimum absolute atomic E-state index is 0.120. The van der Waals surface area contributed by atoms with Gasteiger partial charge in [0.15, 0.2) is 5.82 Å². The van der Waals surface area contributed by atoms with Gasteiger partial charge in [-0.05, 0) is 62.9 Å². The Bertz CT molecular complexity index is 1040. The number of nitrogens with zero attached hydrogens (tertiary/aromatic N) is 3. The molecule has 0 saturated carbocycles. The maximum atomic E-state index is 12.6. The first-order valence-corrected chi connectivity index (χ1v) is 10.6. The van der Waals surface area contributed by atoms with E-state index in [4.69, 9.17) is 10.6 Å². The summed E-state index contributed by atoms with van der Waals surface area (Å²) in [7, 11) is 0. The van der Waals surface area contributed by atoms with Crippen molar-refractivity contribution < 1.29 is 9.53 Å². The number of nitrogens with one attached hydrogen (secondary N) is 1. The number of para-hydroxylation sites is 1. The first kappa shape index (κ1) is 21.7. The van der Waals surface area contributed by atoms with Gasteiger partial charge in [-0.1, -0.05) is 42.1 Å². The fourth-order valence-electron chi connectivity index (χ4n) is 2.97. The molecule has 0 spiro atoms. The molecule has 0 fully saturated rings. The van der Waals surface area contributed by atoms with Crippen molar-refractivity contribution >= 4 is 23.4 Å². The molecule has 0 aliphatic heterocycles. The summed E-state index contributed by atoms with van der Waals surface area (Å²) < 4.78 is 7.29. The third-order valence-corrected chi connectivity index (χ3v) is 5.85. The molecule has 3 rings (SSSR count). The predicted molar refractivity (Wildman–Crippen MR) is 120 cm³/mol. The Kier molecular flexibility index (Phi) is 6.66. The number of nitrogen functional groups attached to an aromatic ring is 1. The van der Waals surface area contributed by atoms with Crippen molar-refractivity contribution in [1.29, 1.82) is 0 Å². The van der Waals surface area contributed by atoms with Crippen LogP contribution in [-0.2, 0) is 11.4 Å². The first-order chi connectivity index (χ1) is 14.3. The maximum Gasteiger partial charge on any atom is 0.237 e. The van der Waals surface area contributed by atoms with Crippen molar-refractivity contribution in [2.24, 2.45) is 0 Å². The van der Waals surface area contributed by atoms with E-state index in [2.05, 4.69) is 15.5 Å². The van der Waals surface area contributed by atoms with Crippen molar-refractivity contribution in [2.75, 3.05) is 11.2 Å². The van der Waals surface area contributed by atoms with Crippen molar-refractivity contribution in [2.45, 2.75) is 51.6 Å². The average molecular weight is 426 g/mol. The smallest absolute Gasteiger partial charge is 0.237 e. The molecule has 0 aliphatic carbocycles. The number of hydrogen-bond donors (Lipinski definition) is 2. The molecule has 1 amide bonds. The monoisotopic (exact) mass is 425 g/mol. The number of anilines is 1. The largest absolute Gasteiger partial charge is 0.485 e. The van der Waals surface area contributed by atoms with Crippen molar-refractivity contribution in [1.82, 2.24) is 14.9 Å². The Morgan fingerprint density at radius 1 is 1.13 bits per heavy atom. The van der Waals surface area contributed by atoms with Crippen molar-refractivity contribution in [3.63, 3.8) is 0 Å². The summed E-state index contributed by atoms with van der Waals surface area (Å²) in [5.41, 5.74) is 5.00. The highest BCUT2D eigenvalue weighted by molar-refractivity contribution is 8.00. The molecule has 1 aromatic heterocycles. The number of amides is 1. The molecule has 3 aromatic rings. The summed E-state index contributed by atoms with van der Waals surface area (Å²) in [4.78, 5) is 12.6. The summed E-state index contributed by atoms with van der Waals surface area (Å²) in [5, 5.41) is 11.3. The standard InChI is InChI=1S/C22H27N5O2S/c1-13-9-10-14(2)18(11-13)24-21(28)17(5)30-22-26-25-19(27(22)23)12-29-20-15(3)7-6-8-16(20)4/h6-11,17H,12,23H2,1-5H3,(H,24,28)/t17-/m0/s1. The third-order valence-electron chi connectivity index (χ3n) is 4.79. The van der Waals surface area contributed by atoms with Gasteiger partial charge in [0.05, 0.1) is 5.25 Å². The van der Waals surface area contributed by atoms with Gasteiger partial charge in [-0.15, -0.1) is 10.2 Å². The zero-order chi connectivity index (χ0) is 21.8. The molecule has 0 aliphatic rings. The highest BCUT2D eigenvalue weighted by Crippen LogP contribution is 2.25. The van der Waals surface area contributed by atoms with Gasteiger partial charge in [-0.25, -0.2) is 4.68 Å². The second-order valence-electron chi connectivity index (χ2n) is 7.35. The van der Waals surface area contributed by atoms with Crippen LogP contribution in [0.4, 0.5) is 5.69 Å². The van der Waals surface area contributed by atoms with E-state index in [0.29, 0.717) is 11.0 Å². The van der Waals surface area contributed by atoms with Gasteiger partial charge < -0.3 is 15.9 Å². The molecule has 1 heterocycles. The van der Waals surface area contributed by atoms with Crippen LogP contribution >= 0.6 is 11.8 Å². The van der Waals surface area contributed by atoms with Gasteiger partial charge >= 0.3 is 0 Å². The average Bonchev–Trinajstić information content (AvgIpc) is 3.04. The summed E-state index contributed by atoms with van der Waals surface area (Å²) >= 11 is 1.25. The Morgan fingerprint density at radius 3 is 2.53 bits per heavy atom. The van der Waals surface area contributed by atoms with Gasteiger partial charge in [-0.3, -0.25) is 4.79 Å². The number of aromatic nitrogens is 3. The number of carbonyl (C=O) groups excluding carboxylic acids is 1. The summed E-state index contributed by atoms with van der Waals surface area (Å²) in [6, 6.07) is 11.9. The van der Waals surface area contributed by atoms with Gasteiger partial charge in [0.2, 0.25) is 11.1 Å². The van der Waals surface area contributed by atoms with E-state index in [0.717, 1.165) is 33.7 Å². The fraction of sp³-hybridized carbons (Fsp3) is 0.318. The SMILES string of the molecule is Cc1ccc(C)c(NC(=O)[C@H](C)Sc2nnc(COc3c(C)cccc3C)n2N)c1. The summed E-state index contributed by atoms with van der Waals surface area (Å²) in [6.07, 6.45) is 0. The minimum atomic E-state index is -0.399. The van der Waals surface area contributed by atoms with Crippen LogP contribution in [0, 0.1) is 27.7 Å². The van der Waals surface area contributed by atoms with E-state index in [1.165, 1.54) is 16.4 Å². The lowest BCUT2D eigenvalue weighted by molar-refractivity contribution is -0.115. The zero-order valence-corrected chi connectivity index (χ0v) is 18.7. The topological polar surface area (TPSA) is 95.1 Å². The number of benzene rings is 2. The van der Waals surface area contributed by atoms with Gasteiger partial charge in [-0.2, -0.15) is 0 Å². The second-order valence-corrected chi connectivity index (χ2v) is 8.65. The number of nitrogens with two attached hydrogens (primary N) is 1. The highest BCUT2D eigenvalue weighted by atomic mass is 32.2. The number of hydrogen-bond acceptors (Lipinski definition) is 6. The maximum absolute atomic E-state index is 12.6. The molecule has 2 aromatic carbocycles. The fourth-order valence-corrected chi connectivity index (χ4v) is 3.76. The molecule has 0 saturated heterocycles. The minimum Gasteiger partial charge on any atom is -0.485 e. The summed E-state index contributed by atoms with van der Waals surface area (Å²) in [6.45, 7) is 9.95. The van der Waals surface area contributed by atoms with Gasteiger partial charge in [0.25, 0.3) is 0 Å². The number of thioether (sulfide) groups is 1. The van der Waals surface area contributed by atoms with Crippen LogP contribution in [0.2, 0.25) is 0 Å². The molecule has 8 heteroatoms. The number of rotatable bonds is 7. The van der Waals surface area contributed by atoms with Crippen molar-refractivity contribution in [3.05, 3.63) is 64.5 Å². The Morgan fingerprint density at radius 2 is 1.83 bits per heavy atom.